The lowest BCUT2D eigenvalue weighted by atomic mass is 10.1. The highest BCUT2D eigenvalue weighted by Crippen LogP contribution is 2.29. The number of rotatable bonds is 2. The minimum atomic E-state index is -1.39. The topological polar surface area (TPSA) is 144 Å². The van der Waals surface area contributed by atoms with Gasteiger partial charge < -0.3 is 25.8 Å². The molecule has 1 aromatic heterocycles. The maximum Gasteiger partial charge on any atom is 0.354 e. The number of anilines is 1. The molecule has 0 saturated carbocycles. The molecule has 0 aromatic carbocycles. The van der Waals surface area contributed by atoms with Crippen LogP contribution in [0.5, 0.6) is 0 Å². The van der Waals surface area contributed by atoms with Gasteiger partial charge in [-0.25, -0.2) is 9.36 Å². The van der Waals surface area contributed by atoms with E-state index in [0.717, 1.165) is 4.57 Å². The van der Waals surface area contributed by atoms with Crippen LogP contribution in [0.3, 0.4) is 0 Å². The number of aryl methyl sites for hydroxylation is 1. The molecule has 0 amide bonds. The predicted octanol–water partition coefficient (Wildman–Crippen LogP) is -2.86. The Balaban J connectivity index is 2.42. The van der Waals surface area contributed by atoms with E-state index in [9.17, 15) is 15.0 Å². The van der Waals surface area contributed by atoms with E-state index in [1.54, 1.807) is 0 Å². The molecule has 9 nitrogen and oxygen atoms in total. The van der Waals surface area contributed by atoms with Crippen LogP contribution in [0.1, 0.15) is 12.1 Å². The van der Waals surface area contributed by atoms with Crippen molar-refractivity contribution >= 4 is 5.95 Å². The second-order valence-corrected chi connectivity index (χ2v) is 4.01. The molecule has 1 saturated heterocycles. The van der Waals surface area contributed by atoms with Crippen LogP contribution >= 0.6 is 0 Å². The third-order valence-electron chi connectivity index (χ3n) is 2.76. The van der Waals surface area contributed by atoms with Crippen molar-refractivity contribution in [3.8, 4) is 0 Å². The number of hydrogen-bond donors (Lipinski definition) is 4. The summed E-state index contributed by atoms with van der Waals surface area (Å²) in [6.45, 7) is 1.01. The molecule has 1 aliphatic heterocycles. The summed E-state index contributed by atoms with van der Waals surface area (Å²) < 4.78 is 6.02. The molecule has 2 heterocycles. The summed E-state index contributed by atoms with van der Waals surface area (Å²) in [5.74, 6) is 0.0165. The molecule has 1 aliphatic rings. The van der Waals surface area contributed by atoms with Crippen LogP contribution in [0.4, 0.5) is 5.95 Å². The van der Waals surface area contributed by atoms with E-state index in [4.69, 9.17) is 15.6 Å². The molecule has 0 bridgehead atoms. The van der Waals surface area contributed by atoms with E-state index in [2.05, 4.69) is 9.97 Å². The molecule has 100 valence electrons. The molecule has 1 aromatic rings. The number of nitrogens with zero attached hydrogens (tertiary/aromatic N) is 3. The minimum Gasteiger partial charge on any atom is -0.394 e. The number of ether oxygens (including phenoxy) is 1. The monoisotopic (exact) mass is 258 g/mol. The van der Waals surface area contributed by atoms with Gasteiger partial charge in [-0.2, -0.15) is 9.97 Å². The average molecular weight is 258 g/mol. The quantitative estimate of drug-likeness (QED) is 0.443. The van der Waals surface area contributed by atoms with Crippen molar-refractivity contribution in [3.63, 3.8) is 0 Å². The fourth-order valence-corrected chi connectivity index (χ4v) is 1.87. The Labute approximate surface area is 101 Å². The van der Waals surface area contributed by atoms with E-state index >= 15 is 0 Å². The fraction of sp³-hybridized carbons (Fsp3) is 0.667. The lowest BCUT2D eigenvalue weighted by molar-refractivity contribution is -0.0543. The van der Waals surface area contributed by atoms with E-state index in [-0.39, 0.29) is 11.8 Å². The zero-order valence-electron chi connectivity index (χ0n) is 9.59. The number of nitrogen functional groups attached to an aromatic ring is 1. The highest BCUT2D eigenvalue weighted by Gasteiger charge is 2.44. The van der Waals surface area contributed by atoms with Crippen LogP contribution in [-0.2, 0) is 4.74 Å². The lowest BCUT2D eigenvalue weighted by Gasteiger charge is -2.18. The van der Waals surface area contributed by atoms with Crippen LogP contribution in [0.15, 0.2) is 4.79 Å². The summed E-state index contributed by atoms with van der Waals surface area (Å²) in [5.41, 5.74) is 4.83. The molecule has 0 aliphatic carbocycles. The molecular weight excluding hydrogens is 244 g/mol. The smallest absolute Gasteiger partial charge is 0.354 e. The Morgan fingerprint density at radius 2 is 2.06 bits per heavy atom. The van der Waals surface area contributed by atoms with E-state index in [1.165, 1.54) is 6.92 Å². The van der Waals surface area contributed by atoms with E-state index in [1.807, 2.05) is 0 Å². The van der Waals surface area contributed by atoms with Crippen molar-refractivity contribution < 1.29 is 20.1 Å². The Morgan fingerprint density at radius 1 is 1.39 bits per heavy atom. The van der Waals surface area contributed by atoms with E-state index < -0.39 is 36.8 Å². The first-order chi connectivity index (χ1) is 8.45. The van der Waals surface area contributed by atoms with Gasteiger partial charge in [-0.1, -0.05) is 0 Å². The van der Waals surface area contributed by atoms with Gasteiger partial charge in [-0.3, -0.25) is 0 Å². The molecule has 0 radical (unpaired) electrons. The first kappa shape index (κ1) is 12.9. The number of aliphatic hydroxyl groups is 3. The predicted molar refractivity (Wildman–Crippen MR) is 58.5 cm³/mol. The Hall–Kier alpha value is -1.55. The zero-order chi connectivity index (χ0) is 13.4. The summed E-state index contributed by atoms with van der Waals surface area (Å²) in [6, 6.07) is 0. The van der Waals surface area contributed by atoms with Gasteiger partial charge in [0, 0.05) is 0 Å². The second-order valence-electron chi connectivity index (χ2n) is 4.01. The first-order valence-corrected chi connectivity index (χ1v) is 5.30. The summed E-state index contributed by atoms with van der Waals surface area (Å²) in [4.78, 5) is 19.0. The van der Waals surface area contributed by atoms with Gasteiger partial charge in [0.15, 0.2) is 6.23 Å². The van der Waals surface area contributed by atoms with Crippen LogP contribution in [0, 0.1) is 6.92 Å². The van der Waals surface area contributed by atoms with Crippen LogP contribution in [-0.4, -0.2) is 54.8 Å². The van der Waals surface area contributed by atoms with Crippen LogP contribution in [0.2, 0.25) is 0 Å². The highest BCUT2D eigenvalue weighted by atomic mass is 16.6. The third-order valence-corrected chi connectivity index (χ3v) is 2.76. The van der Waals surface area contributed by atoms with Crippen molar-refractivity contribution in [2.45, 2.75) is 31.5 Å². The Kier molecular flexibility index (Phi) is 3.30. The largest absolute Gasteiger partial charge is 0.394 e. The molecule has 0 spiro atoms. The van der Waals surface area contributed by atoms with E-state index in [0.29, 0.717) is 0 Å². The van der Waals surface area contributed by atoms with Gasteiger partial charge in [0.05, 0.1) is 6.61 Å². The molecule has 18 heavy (non-hydrogen) atoms. The van der Waals surface area contributed by atoms with Gasteiger partial charge in [0.2, 0.25) is 5.95 Å². The SMILES string of the molecule is Cc1nc(N)n([C@@H]2O[C@H](CO)[C@@H](O)[C@H]2O)c(=O)n1. The number of nitrogens with two attached hydrogens (primary N) is 1. The number of aromatic nitrogens is 3. The van der Waals surface area contributed by atoms with Gasteiger partial charge in [0.25, 0.3) is 0 Å². The standard InChI is InChI=1S/C9H14N4O5/c1-3-11-8(10)13(9(17)12-3)7-6(16)5(15)4(2-14)18-7/h4-7,14-16H,2H2,1H3,(H2,10,11,12,17)/t4-,5-,6-,7-/m1/s1. The maximum atomic E-state index is 11.7. The number of hydrogen-bond acceptors (Lipinski definition) is 8. The normalized spacial score (nSPS) is 31.8. The summed E-state index contributed by atoms with van der Waals surface area (Å²) in [5, 5.41) is 28.3. The molecular formula is C9H14N4O5. The van der Waals surface area contributed by atoms with Crippen LogP contribution in [0.25, 0.3) is 0 Å². The van der Waals surface area contributed by atoms with Crippen molar-refractivity contribution in [3.05, 3.63) is 16.3 Å². The molecule has 0 unspecified atom stereocenters. The third kappa shape index (κ3) is 1.97. The molecule has 9 heteroatoms. The van der Waals surface area contributed by atoms with Crippen molar-refractivity contribution in [2.24, 2.45) is 0 Å². The lowest BCUT2D eigenvalue weighted by Crippen LogP contribution is -2.37. The molecule has 1 fully saturated rings. The van der Waals surface area contributed by atoms with Crippen LogP contribution < -0.4 is 11.4 Å². The van der Waals surface area contributed by atoms with Crippen molar-refractivity contribution in [1.82, 2.24) is 14.5 Å². The second kappa shape index (κ2) is 4.61. The molecule has 2 rings (SSSR count). The van der Waals surface area contributed by atoms with Gasteiger partial charge in [-0.05, 0) is 6.92 Å². The zero-order valence-corrected chi connectivity index (χ0v) is 9.59. The van der Waals surface area contributed by atoms with Gasteiger partial charge in [0.1, 0.15) is 24.1 Å². The Bertz CT molecular complexity index is 504. The Morgan fingerprint density at radius 3 is 2.56 bits per heavy atom. The van der Waals surface area contributed by atoms with Gasteiger partial charge in [-0.15, -0.1) is 0 Å². The molecule has 4 atom stereocenters. The highest BCUT2D eigenvalue weighted by molar-refractivity contribution is 5.17. The fourth-order valence-electron chi connectivity index (χ4n) is 1.87. The molecule has 5 N–H and O–H groups in total. The number of aliphatic hydroxyl groups excluding tert-OH is 3. The van der Waals surface area contributed by atoms with Crippen molar-refractivity contribution in [2.75, 3.05) is 12.3 Å². The average Bonchev–Trinajstić information content (AvgIpc) is 2.56. The summed E-state index contributed by atoms with van der Waals surface area (Å²) in [7, 11) is 0. The minimum absolute atomic E-state index is 0.178. The van der Waals surface area contributed by atoms with Crippen molar-refractivity contribution in [1.29, 1.82) is 0 Å². The summed E-state index contributed by atoms with van der Waals surface area (Å²) in [6.07, 6.45) is -4.91. The maximum absolute atomic E-state index is 11.7. The first-order valence-electron chi connectivity index (χ1n) is 5.30. The van der Waals surface area contributed by atoms with Gasteiger partial charge >= 0.3 is 5.69 Å². The summed E-state index contributed by atoms with van der Waals surface area (Å²) >= 11 is 0.